The van der Waals surface area contributed by atoms with Crippen LogP contribution in [0.2, 0.25) is 0 Å². The van der Waals surface area contributed by atoms with E-state index >= 15 is 0 Å². The number of hydrogen-bond acceptors (Lipinski definition) is 6. The number of carbonyl (C=O) groups is 3. The van der Waals surface area contributed by atoms with Crippen molar-refractivity contribution >= 4 is 62.9 Å². The van der Waals surface area contributed by atoms with Gasteiger partial charge in [0.25, 0.3) is 11.8 Å². The van der Waals surface area contributed by atoms with Gasteiger partial charge in [-0.2, -0.15) is 5.10 Å². The minimum absolute atomic E-state index is 0.0113. The molecule has 0 aliphatic carbocycles. The molecule has 1 aliphatic rings. The number of hydrogen-bond donors (Lipinski definition) is 2. The topological polar surface area (TPSA) is 100 Å². The Morgan fingerprint density at radius 2 is 1.90 bits per heavy atom. The van der Waals surface area contributed by atoms with E-state index in [1.54, 1.807) is 54.6 Å². The fourth-order valence-electron chi connectivity index (χ4n) is 2.44. The zero-order chi connectivity index (χ0) is 20.8. The van der Waals surface area contributed by atoms with Crippen LogP contribution >= 0.6 is 28.1 Å². The lowest BCUT2D eigenvalue weighted by molar-refractivity contribution is -0.130. The predicted molar refractivity (Wildman–Crippen MR) is 114 cm³/mol. The van der Waals surface area contributed by atoms with E-state index in [0.717, 1.165) is 10.7 Å². The summed E-state index contributed by atoms with van der Waals surface area (Å²) in [5.41, 5.74) is 2.75. The number of halogens is 1. The van der Waals surface area contributed by atoms with Crippen molar-refractivity contribution < 1.29 is 19.1 Å². The molecule has 0 unspecified atom stereocenters. The van der Waals surface area contributed by atoms with Crippen molar-refractivity contribution in [2.45, 2.75) is 0 Å². The highest BCUT2D eigenvalue weighted by Crippen LogP contribution is 2.19. The largest absolute Gasteiger partial charge is 0.484 e. The lowest BCUT2D eigenvalue weighted by Crippen LogP contribution is -2.58. The highest BCUT2D eigenvalue weighted by Gasteiger charge is 2.38. The Balaban J connectivity index is 1.59. The number of thiocarbonyl (C=S) groups is 1. The Bertz CT molecular complexity index is 966. The summed E-state index contributed by atoms with van der Waals surface area (Å²) in [6.45, 7) is -0.274. The molecule has 10 heteroatoms. The van der Waals surface area contributed by atoms with Gasteiger partial charge < -0.3 is 10.1 Å². The number of carbonyl (C=O) groups excluding carboxylic acids is 3. The standard InChI is InChI=1S/C19H15BrN4O4S/c20-12-6-8-14(9-7-12)28-11-16(25)23-21-10-15-17(26)22-19(29)24(18(15)27)13-4-2-1-3-5-13/h1-10,15H,11H2,(H,23,25)(H,22,26,29)/b21-10-/t15-/m1/s1. The molecule has 8 nitrogen and oxygen atoms in total. The van der Waals surface area contributed by atoms with Gasteiger partial charge in [0.15, 0.2) is 17.6 Å². The molecular weight excluding hydrogens is 460 g/mol. The lowest BCUT2D eigenvalue weighted by Gasteiger charge is -2.30. The van der Waals surface area contributed by atoms with Gasteiger partial charge in [0.2, 0.25) is 5.91 Å². The fourth-order valence-corrected chi connectivity index (χ4v) is 3.00. The van der Waals surface area contributed by atoms with Crippen LogP contribution in [0.3, 0.4) is 0 Å². The van der Waals surface area contributed by atoms with Gasteiger partial charge in [-0.05, 0) is 48.6 Å². The maximum atomic E-state index is 12.7. The Morgan fingerprint density at radius 1 is 1.21 bits per heavy atom. The van der Waals surface area contributed by atoms with E-state index in [4.69, 9.17) is 17.0 Å². The molecule has 2 N–H and O–H groups in total. The summed E-state index contributed by atoms with van der Waals surface area (Å²) in [5.74, 6) is -2.43. The highest BCUT2D eigenvalue weighted by molar-refractivity contribution is 9.10. The van der Waals surface area contributed by atoms with Crippen LogP contribution < -0.4 is 20.4 Å². The van der Waals surface area contributed by atoms with Crippen LogP contribution in [-0.2, 0) is 14.4 Å². The van der Waals surface area contributed by atoms with Crippen molar-refractivity contribution in [2.24, 2.45) is 11.0 Å². The number of para-hydroxylation sites is 1. The molecule has 3 rings (SSSR count). The van der Waals surface area contributed by atoms with Crippen LogP contribution in [0.15, 0.2) is 64.2 Å². The Labute approximate surface area is 180 Å². The first kappa shape index (κ1) is 20.6. The van der Waals surface area contributed by atoms with Gasteiger partial charge in [-0.15, -0.1) is 0 Å². The third kappa shape index (κ3) is 5.24. The maximum Gasteiger partial charge on any atom is 0.277 e. The summed E-state index contributed by atoms with van der Waals surface area (Å²) < 4.78 is 6.21. The summed E-state index contributed by atoms with van der Waals surface area (Å²) >= 11 is 8.40. The van der Waals surface area contributed by atoms with Gasteiger partial charge >= 0.3 is 0 Å². The SMILES string of the molecule is O=C(COc1ccc(Br)cc1)N/N=C\[C@@H]1C(=O)NC(=S)N(c2ccccc2)C1=O. The first-order valence-electron chi connectivity index (χ1n) is 8.40. The summed E-state index contributed by atoms with van der Waals surface area (Å²) in [4.78, 5) is 37.9. The first-order chi connectivity index (χ1) is 14.0. The highest BCUT2D eigenvalue weighted by atomic mass is 79.9. The van der Waals surface area contributed by atoms with Gasteiger partial charge in [-0.1, -0.05) is 34.1 Å². The summed E-state index contributed by atoms with van der Waals surface area (Å²) in [7, 11) is 0. The van der Waals surface area contributed by atoms with Crippen LogP contribution in [0.1, 0.15) is 0 Å². The number of anilines is 1. The Hall–Kier alpha value is -3.11. The van der Waals surface area contributed by atoms with E-state index in [0.29, 0.717) is 11.4 Å². The summed E-state index contributed by atoms with van der Waals surface area (Å²) in [6, 6.07) is 15.6. The molecule has 1 saturated heterocycles. The average Bonchev–Trinajstić information content (AvgIpc) is 2.70. The smallest absolute Gasteiger partial charge is 0.277 e. The van der Waals surface area contributed by atoms with Gasteiger partial charge in [-0.25, -0.2) is 5.43 Å². The number of nitrogens with one attached hydrogen (secondary N) is 2. The lowest BCUT2D eigenvalue weighted by atomic mass is 10.1. The van der Waals surface area contributed by atoms with Crippen LogP contribution in [-0.4, -0.2) is 35.7 Å². The van der Waals surface area contributed by atoms with Crippen molar-refractivity contribution in [2.75, 3.05) is 11.5 Å². The van der Waals surface area contributed by atoms with Crippen molar-refractivity contribution in [3.8, 4) is 5.75 Å². The molecule has 2 aromatic rings. The van der Waals surface area contributed by atoms with Crippen molar-refractivity contribution in [3.63, 3.8) is 0 Å². The number of nitrogens with zero attached hydrogens (tertiary/aromatic N) is 2. The van der Waals surface area contributed by atoms with Gasteiger partial charge in [0, 0.05) is 10.7 Å². The molecule has 3 amide bonds. The zero-order valence-electron chi connectivity index (χ0n) is 14.9. The van der Waals surface area contributed by atoms with Crippen LogP contribution in [0.5, 0.6) is 5.75 Å². The van der Waals surface area contributed by atoms with Gasteiger partial charge in [0.1, 0.15) is 5.75 Å². The van der Waals surface area contributed by atoms with E-state index in [1.165, 1.54) is 4.90 Å². The number of hydrazone groups is 1. The van der Waals surface area contributed by atoms with Crippen molar-refractivity contribution in [3.05, 3.63) is 59.1 Å². The molecular formula is C19H15BrN4O4S. The third-order valence-electron chi connectivity index (χ3n) is 3.81. The molecule has 0 spiro atoms. The number of benzene rings is 2. The van der Waals surface area contributed by atoms with Crippen LogP contribution in [0.4, 0.5) is 5.69 Å². The maximum absolute atomic E-state index is 12.7. The second kappa shape index (κ2) is 9.39. The normalized spacial score (nSPS) is 16.7. The van der Waals surface area contributed by atoms with Crippen molar-refractivity contribution in [1.82, 2.24) is 10.7 Å². The van der Waals surface area contributed by atoms with Crippen LogP contribution in [0.25, 0.3) is 0 Å². The van der Waals surface area contributed by atoms with Crippen LogP contribution in [0, 0.1) is 5.92 Å². The quantitative estimate of drug-likeness (QED) is 0.288. The fraction of sp³-hybridized carbons (Fsp3) is 0.105. The number of rotatable bonds is 6. The molecule has 0 saturated carbocycles. The third-order valence-corrected chi connectivity index (χ3v) is 4.63. The number of ether oxygens (including phenoxy) is 1. The average molecular weight is 475 g/mol. The summed E-state index contributed by atoms with van der Waals surface area (Å²) in [6.07, 6.45) is 1.06. The Kier molecular flexibility index (Phi) is 6.68. The van der Waals surface area contributed by atoms with Gasteiger partial charge in [-0.3, -0.25) is 19.3 Å². The molecule has 0 bridgehead atoms. The second-order valence-corrected chi connectivity index (χ2v) is 7.14. The Morgan fingerprint density at radius 3 is 2.59 bits per heavy atom. The molecule has 0 radical (unpaired) electrons. The van der Waals surface area contributed by atoms with Gasteiger partial charge in [0.05, 0.1) is 5.69 Å². The molecule has 2 aromatic carbocycles. The van der Waals surface area contributed by atoms with E-state index in [1.807, 2.05) is 0 Å². The second-order valence-electron chi connectivity index (χ2n) is 5.84. The molecule has 0 aromatic heterocycles. The summed E-state index contributed by atoms with van der Waals surface area (Å²) in [5, 5.41) is 6.16. The molecule has 1 fully saturated rings. The monoisotopic (exact) mass is 474 g/mol. The predicted octanol–water partition coefficient (Wildman–Crippen LogP) is 1.99. The molecule has 1 aliphatic heterocycles. The minimum Gasteiger partial charge on any atom is -0.484 e. The first-order valence-corrected chi connectivity index (χ1v) is 9.60. The van der Waals surface area contributed by atoms with E-state index < -0.39 is 23.6 Å². The molecule has 1 heterocycles. The molecule has 148 valence electrons. The van der Waals surface area contributed by atoms with E-state index in [2.05, 4.69) is 31.8 Å². The zero-order valence-corrected chi connectivity index (χ0v) is 17.3. The van der Waals surface area contributed by atoms with Crippen molar-refractivity contribution in [1.29, 1.82) is 0 Å². The molecule has 1 atom stereocenters. The minimum atomic E-state index is -1.23. The number of amides is 3. The molecule has 29 heavy (non-hydrogen) atoms. The van der Waals surface area contributed by atoms with E-state index in [-0.39, 0.29) is 11.7 Å². The van der Waals surface area contributed by atoms with E-state index in [9.17, 15) is 14.4 Å².